The summed E-state index contributed by atoms with van der Waals surface area (Å²) in [5.74, 6) is 0. The molecular weight excluding hydrogens is 186 g/mol. The van der Waals surface area contributed by atoms with Gasteiger partial charge in [0.05, 0.1) is 19.3 Å². The molecule has 0 spiro atoms. The fraction of sp³-hybridized carbons (Fsp3) is 1.00. The van der Waals surface area contributed by atoms with Gasteiger partial charge < -0.3 is 10.2 Å². The van der Waals surface area contributed by atoms with Crippen molar-refractivity contribution >= 4 is 10.3 Å². The maximum absolute atomic E-state index is 10.7. The van der Waals surface area contributed by atoms with Crippen molar-refractivity contribution in [1.29, 1.82) is 0 Å². The van der Waals surface area contributed by atoms with Crippen LogP contribution in [-0.4, -0.2) is 44.5 Å². The predicted molar refractivity (Wildman–Crippen MR) is 41.6 cm³/mol. The van der Waals surface area contributed by atoms with Crippen LogP contribution in [0.4, 0.5) is 0 Å². The van der Waals surface area contributed by atoms with Crippen molar-refractivity contribution in [2.45, 2.75) is 13.0 Å². The summed E-state index contributed by atoms with van der Waals surface area (Å²) >= 11 is 0. The van der Waals surface area contributed by atoms with E-state index in [2.05, 4.69) is 4.18 Å². The number of rotatable bonds is 6. The molecule has 0 aromatic heterocycles. The van der Waals surface area contributed by atoms with E-state index in [0.717, 1.165) is 0 Å². The zero-order valence-corrected chi connectivity index (χ0v) is 7.54. The SMILES string of the molecule is CC(O)CNS(=O)(=O)OCCO. The lowest BCUT2D eigenvalue weighted by molar-refractivity contribution is 0.187. The molecular formula is C5H13NO5S. The van der Waals surface area contributed by atoms with Crippen molar-refractivity contribution in [1.82, 2.24) is 4.72 Å². The summed E-state index contributed by atoms with van der Waals surface area (Å²) in [4.78, 5) is 0. The lowest BCUT2D eigenvalue weighted by Gasteiger charge is -2.06. The van der Waals surface area contributed by atoms with Gasteiger partial charge in [0.25, 0.3) is 0 Å². The van der Waals surface area contributed by atoms with E-state index in [-0.39, 0.29) is 19.8 Å². The molecule has 0 aliphatic carbocycles. The molecule has 0 aliphatic rings. The highest BCUT2D eigenvalue weighted by Crippen LogP contribution is 1.87. The topological polar surface area (TPSA) is 95.9 Å². The molecule has 0 aliphatic heterocycles. The molecule has 74 valence electrons. The summed E-state index contributed by atoms with van der Waals surface area (Å²) in [5, 5.41) is 16.9. The van der Waals surface area contributed by atoms with Gasteiger partial charge in [0, 0.05) is 6.54 Å². The van der Waals surface area contributed by atoms with Gasteiger partial charge in [-0.3, -0.25) is 4.18 Å². The van der Waals surface area contributed by atoms with Gasteiger partial charge in [-0.1, -0.05) is 0 Å². The van der Waals surface area contributed by atoms with Gasteiger partial charge >= 0.3 is 10.3 Å². The van der Waals surface area contributed by atoms with Gasteiger partial charge in [-0.2, -0.15) is 13.1 Å². The lowest BCUT2D eigenvalue weighted by Crippen LogP contribution is -2.32. The zero-order valence-electron chi connectivity index (χ0n) is 6.73. The minimum absolute atomic E-state index is 0.103. The second-order valence-electron chi connectivity index (χ2n) is 2.20. The molecule has 7 heteroatoms. The first-order chi connectivity index (χ1) is 5.48. The Morgan fingerprint density at radius 2 is 2.17 bits per heavy atom. The Hall–Kier alpha value is -0.210. The van der Waals surface area contributed by atoms with Crippen LogP contribution in [0.15, 0.2) is 0 Å². The van der Waals surface area contributed by atoms with Crippen molar-refractivity contribution in [3.8, 4) is 0 Å². The fourth-order valence-electron chi connectivity index (χ4n) is 0.411. The molecule has 1 unspecified atom stereocenters. The first kappa shape index (κ1) is 11.8. The first-order valence-electron chi connectivity index (χ1n) is 3.41. The van der Waals surface area contributed by atoms with E-state index in [1.807, 2.05) is 4.72 Å². The van der Waals surface area contributed by atoms with Crippen LogP contribution < -0.4 is 4.72 Å². The van der Waals surface area contributed by atoms with Crippen molar-refractivity contribution < 1.29 is 22.8 Å². The molecule has 6 nitrogen and oxygen atoms in total. The molecule has 0 fully saturated rings. The van der Waals surface area contributed by atoms with E-state index in [9.17, 15) is 8.42 Å². The van der Waals surface area contributed by atoms with E-state index in [1.165, 1.54) is 6.92 Å². The molecule has 12 heavy (non-hydrogen) atoms. The molecule has 0 aromatic carbocycles. The van der Waals surface area contributed by atoms with E-state index in [0.29, 0.717) is 0 Å². The van der Waals surface area contributed by atoms with E-state index in [1.54, 1.807) is 0 Å². The average molecular weight is 199 g/mol. The second kappa shape index (κ2) is 5.44. The quantitative estimate of drug-likeness (QED) is 0.469. The molecule has 1 atom stereocenters. The molecule has 0 bridgehead atoms. The minimum Gasteiger partial charge on any atom is -0.394 e. The number of hydrogen-bond donors (Lipinski definition) is 3. The second-order valence-corrected chi connectivity index (χ2v) is 3.63. The summed E-state index contributed by atoms with van der Waals surface area (Å²) in [7, 11) is -3.81. The molecule has 0 rings (SSSR count). The fourth-order valence-corrected chi connectivity index (χ4v) is 1.23. The number of aliphatic hydroxyl groups excluding tert-OH is 2. The Morgan fingerprint density at radius 1 is 1.58 bits per heavy atom. The van der Waals surface area contributed by atoms with Crippen LogP contribution in [-0.2, 0) is 14.5 Å². The Bertz CT molecular complexity index is 200. The summed E-state index contributed by atoms with van der Waals surface area (Å²) < 4.78 is 27.7. The summed E-state index contributed by atoms with van der Waals surface area (Å²) in [6.45, 7) is 0.688. The lowest BCUT2D eigenvalue weighted by atomic mass is 10.4. The Morgan fingerprint density at radius 3 is 2.58 bits per heavy atom. The van der Waals surface area contributed by atoms with Crippen LogP contribution in [0.25, 0.3) is 0 Å². The summed E-state index contributed by atoms with van der Waals surface area (Å²) in [6.07, 6.45) is -0.766. The average Bonchev–Trinajstić information content (AvgIpc) is 1.98. The van der Waals surface area contributed by atoms with Gasteiger partial charge in [-0.05, 0) is 6.92 Å². The zero-order chi connectivity index (χ0) is 9.61. The van der Waals surface area contributed by atoms with Crippen molar-refractivity contribution in [2.24, 2.45) is 0 Å². The van der Waals surface area contributed by atoms with Crippen molar-refractivity contribution in [3.05, 3.63) is 0 Å². The first-order valence-corrected chi connectivity index (χ1v) is 4.81. The van der Waals surface area contributed by atoms with Crippen LogP contribution >= 0.6 is 0 Å². The molecule has 0 heterocycles. The molecule has 0 radical (unpaired) electrons. The highest BCUT2D eigenvalue weighted by molar-refractivity contribution is 7.84. The molecule has 0 aromatic rings. The monoisotopic (exact) mass is 199 g/mol. The third-order valence-electron chi connectivity index (χ3n) is 0.885. The van der Waals surface area contributed by atoms with Crippen LogP contribution in [0, 0.1) is 0 Å². The van der Waals surface area contributed by atoms with Crippen LogP contribution in [0.2, 0.25) is 0 Å². The standard InChI is InChI=1S/C5H13NO5S/c1-5(8)4-6-12(9,10)11-3-2-7/h5-8H,2-4H2,1H3. The normalized spacial score (nSPS) is 14.6. The Balaban J connectivity index is 3.73. The molecule has 0 amide bonds. The largest absolute Gasteiger partial charge is 0.394 e. The van der Waals surface area contributed by atoms with E-state index >= 15 is 0 Å². The predicted octanol–water partition coefficient (Wildman–Crippen LogP) is -1.79. The number of nitrogens with one attached hydrogen (secondary N) is 1. The minimum atomic E-state index is -3.81. The van der Waals surface area contributed by atoms with Gasteiger partial charge in [-0.15, -0.1) is 0 Å². The number of hydrogen-bond acceptors (Lipinski definition) is 5. The van der Waals surface area contributed by atoms with E-state index < -0.39 is 16.4 Å². The third kappa shape index (κ3) is 6.50. The van der Waals surface area contributed by atoms with Crippen LogP contribution in [0.1, 0.15) is 6.92 Å². The van der Waals surface area contributed by atoms with Gasteiger partial charge in [0.1, 0.15) is 0 Å². The van der Waals surface area contributed by atoms with Gasteiger partial charge in [-0.25, -0.2) is 0 Å². The Kier molecular flexibility index (Phi) is 5.34. The van der Waals surface area contributed by atoms with Crippen molar-refractivity contribution in [3.63, 3.8) is 0 Å². The van der Waals surface area contributed by atoms with Crippen molar-refractivity contribution in [2.75, 3.05) is 19.8 Å². The maximum Gasteiger partial charge on any atom is 0.336 e. The Labute approximate surface area is 71.4 Å². The smallest absolute Gasteiger partial charge is 0.336 e. The third-order valence-corrected chi connectivity index (χ3v) is 1.88. The summed E-state index contributed by atoms with van der Waals surface area (Å²) in [6, 6.07) is 0. The molecule has 3 N–H and O–H groups in total. The highest BCUT2D eigenvalue weighted by Gasteiger charge is 2.10. The molecule has 0 saturated carbocycles. The summed E-state index contributed by atoms with van der Waals surface area (Å²) in [5.41, 5.74) is 0. The maximum atomic E-state index is 10.7. The van der Waals surface area contributed by atoms with Gasteiger partial charge in [0.2, 0.25) is 0 Å². The van der Waals surface area contributed by atoms with Crippen LogP contribution in [0.3, 0.4) is 0 Å². The van der Waals surface area contributed by atoms with E-state index in [4.69, 9.17) is 10.2 Å². The highest BCUT2D eigenvalue weighted by atomic mass is 32.2. The van der Waals surface area contributed by atoms with Gasteiger partial charge in [0.15, 0.2) is 0 Å². The molecule has 0 saturated heterocycles. The van der Waals surface area contributed by atoms with Crippen LogP contribution in [0.5, 0.6) is 0 Å². The number of aliphatic hydroxyl groups is 2.